The first-order valence-electron chi connectivity index (χ1n) is 3.93. The van der Waals surface area contributed by atoms with Crippen molar-refractivity contribution in [3.8, 4) is 0 Å². The fourth-order valence-corrected chi connectivity index (χ4v) is 2.82. The molecule has 0 bridgehead atoms. The Balaban J connectivity index is 2.55. The predicted octanol–water partition coefficient (Wildman–Crippen LogP) is 0.158. The molecule has 0 saturated heterocycles. The van der Waals surface area contributed by atoms with Gasteiger partial charge in [-0.1, -0.05) is 0 Å². The summed E-state index contributed by atoms with van der Waals surface area (Å²) in [5.74, 6) is 0.440. The average Bonchev–Trinajstić information content (AvgIpc) is 2.32. The van der Waals surface area contributed by atoms with Gasteiger partial charge in [-0.25, -0.2) is 8.42 Å². The molecule has 1 saturated carbocycles. The lowest BCUT2D eigenvalue weighted by Gasteiger charge is -2.06. The second kappa shape index (κ2) is 3.11. The Morgan fingerprint density at radius 1 is 1.45 bits per heavy atom. The van der Waals surface area contributed by atoms with Crippen molar-refractivity contribution in [2.24, 2.45) is 11.7 Å². The molecule has 0 aliphatic heterocycles. The van der Waals surface area contributed by atoms with Crippen molar-refractivity contribution in [2.45, 2.75) is 24.5 Å². The van der Waals surface area contributed by atoms with Crippen molar-refractivity contribution in [1.82, 2.24) is 0 Å². The minimum Gasteiger partial charge on any atom is -0.330 e. The Labute approximate surface area is 67.9 Å². The van der Waals surface area contributed by atoms with Crippen molar-refractivity contribution < 1.29 is 8.42 Å². The number of hydrogen-bond donors (Lipinski definition) is 1. The predicted molar refractivity (Wildman–Crippen MR) is 45.0 cm³/mol. The number of hydrogen-bond acceptors (Lipinski definition) is 3. The maximum atomic E-state index is 11.1. The molecule has 1 aliphatic rings. The average molecular weight is 177 g/mol. The molecule has 4 heteroatoms. The van der Waals surface area contributed by atoms with E-state index in [1.807, 2.05) is 0 Å². The van der Waals surface area contributed by atoms with Crippen LogP contribution in [0.3, 0.4) is 0 Å². The van der Waals surface area contributed by atoms with Gasteiger partial charge in [0.2, 0.25) is 0 Å². The van der Waals surface area contributed by atoms with Gasteiger partial charge in [0.25, 0.3) is 0 Å². The summed E-state index contributed by atoms with van der Waals surface area (Å²) in [7, 11) is -2.80. The van der Waals surface area contributed by atoms with Crippen LogP contribution in [-0.2, 0) is 9.84 Å². The van der Waals surface area contributed by atoms with Gasteiger partial charge in [0.05, 0.1) is 5.25 Å². The normalized spacial score (nSPS) is 32.5. The molecule has 2 N–H and O–H groups in total. The van der Waals surface area contributed by atoms with Crippen LogP contribution in [0.1, 0.15) is 19.3 Å². The van der Waals surface area contributed by atoms with Crippen LogP contribution in [0.15, 0.2) is 0 Å². The largest absolute Gasteiger partial charge is 0.330 e. The molecule has 0 unspecified atom stereocenters. The summed E-state index contributed by atoms with van der Waals surface area (Å²) in [6, 6.07) is 0. The van der Waals surface area contributed by atoms with Crippen LogP contribution in [0.2, 0.25) is 0 Å². The number of sulfone groups is 1. The van der Waals surface area contributed by atoms with E-state index in [4.69, 9.17) is 5.73 Å². The molecule has 0 amide bonds. The molecule has 66 valence electrons. The van der Waals surface area contributed by atoms with Crippen molar-refractivity contribution in [2.75, 3.05) is 12.8 Å². The maximum absolute atomic E-state index is 11.1. The summed E-state index contributed by atoms with van der Waals surface area (Å²) in [6.45, 7) is 0.631. The molecule has 0 aromatic heterocycles. The number of rotatable bonds is 2. The van der Waals surface area contributed by atoms with Gasteiger partial charge in [-0.05, 0) is 31.7 Å². The monoisotopic (exact) mass is 177 g/mol. The Morgan fingerprint density at radius 3 is 2.36 bits per heavy atom. The summed E-state index contributed by atoms with van der Waals surface area (Å²) in [4.78, 5) is 0. The quantitative estimate of drug-likeness (QED) is 0.653. The maximum Gasteiger partial charge on any atom is 0.150 e. The summed E-state index contributed by atoms with van der Waals surface area (Å²) in [5, 5.41) is -0.115. The van der Waals surface area contributed by atoms with E-state index < -0.39 is 9.84 Å². The van der Waals surface area contributed by atoms with E-state index in [2.05, 4.69) is 0 Å². The molecule has 0 aromatic carbocycles. The first kappa shape index (κ1) is 9.00. The minimum atomic E-state index is -2.80. The van der Waals surface area contributed by atoms with E-state index in [0.29, 0.717) is 12.5 Å². The van der Waals surface area contributed by atoms with E-state index in [-0.39, 0.29) is 5.25 Å². The molecule has 1 aliphatic carbocycles. The van der Waals surface area contributed by atoms with Crippen LogP contribution in [0.25, 0.3) is 0 Å². The molecule has 11 heavy (non-hydrogen) atoms. The Kier molecular flexibility index (Phi) is 2.54. The van der Waals surface area contributed by atoms with Gasteiger partial charge in [0.1, 0.15) is 9.84 Å². The van der Waals surface area contributed by atoms with Crippen LogP contribution in [-0.4, -0.2) is 26.5 Å². The Hall–Kier alpha value is -0.0900. The van der Waals surface area contributed by atoms with Crippen LogP contribution in [0.5, 0.6) is 0 Å². The topological polar surface area (TPSA) is 60.2 Å². The SMILES string of the molecule is CS(=O)(=O)[C@H]1CC[C@H](CN)C1. The fraction of sp³-hybridized carbons (Fsp3) is 1.00. The first-order valence-corrected chi connectivity index (χ1v) is 5.88. The molecule has 0 spiro atoms. The standard InChI is InChI=1S/C7H15NO2S/c1-11(9,10)7-3-2-6(4-7)5-8/h6-7H,2-5,8H2,1H3/t6-,7-/m0/s1. The molecule has 0 heterocycles. The zero-order chi connectivity index (χ0) is 8.48. The third-order valence-electron chi connectivity index (χ3n) is 2.43. The molecule has 2 atom stereocenters. The van der Waals surface area contributed by atoms with Crippen molar-refractivity contribution >= 4 is 9.84 Å². The van der Waals surface area contributed by atoms with Gasteiger partial charge >= 0.3 is 0 Å². The highest BCUT2D eigenvalue weighted by atomic mass is 32.2. The van der Waals surface area contributed by atoms with Crippen molar-refractivity contribution in [3.63, 3.8) is 0 Å². The molecule has 0 radical (unpaired) electrons. The third-order valence-corrected chi connectivity index (χ3v) is 4.07. The van der Waals surface area contributed by atoms with Gasteiger partial charge in [0, 0.05) is 6.26 Å². The van der Waals surface area contributed by atoms with Crippen LogP contribution < -0.4 is 5.73 Å². The van der Waals surface area contributed by atoms with Crippen molar-refractivity contribution in [3.05, 3.63) is 0 Å². The Bertz CT molecular complexity index is 223. The molecule has 3 nitrogen and oxygen atoms in total. The van der Waals surface area contributed by atoms with E-state index >= 15 is 0 Å². The van der Waals surface area contributed by atoms with Gasteiger partial charge in [-0.15, -0.1) is 0 Å². The molecular weight excluding hydrogens is 162 g/mol. The lowest BCUT2D eigenvalue weighted by atomic mass is 10.1. The van der Waals surface area contributed by atoms with E-state index in [1.54, 1.807) is 0 Å². The molecule has 0 aromatic rings. The van der Waals surface area contributed by atoms with E-state index in [0.717, 1.165) is 19.3 Å². The molecule has 1 fully saturated rings. The van der Waals surface area contributed by atoms with Gasteiger partial charge in [-0.3, -0.25) is 0 Å². The summed E-state index contributed by atoms with van der Waals surface area (Å²) < 4.78 is 22.1. The third kappa shape index (κ3) is 2.17. The highest BCUT2D eigenvalue weighted by Gasteiger charge is 2.30. The van der Waals surface area contributed by atoms with Crippen molar-refractivity contribution in [1.29, 1.82) is 0 Å². The molecular formula is C7H15NO2S. The van der Waals surface area contributed by atoms with E-state index in [1.165, 1.54) is 6.26 Å². The summed E-state index contributed by atoms with van der Waals surface area (Å²) >= 11 is 0. The van der Waals surface area contributed by atoms with Gasteiger partial charge in [0.15, 0.2) is 0 Å². The zero-order valence-electron chi connectivity index (χ0n) is 6.79. The second-order valence-electron chi connectivity index (χ2n) is 3.37. The first-order chi connectivity index (χ1) is 5.04. The van der Waals surface area contributed by atoms with Gasteiger partial charge in [-0.2, -0.15) is 0 Å². The Morgan fingerprint density at radius 2 is 2.09 bits per heavy atom. The highest BCUT2D eigenvalue weighted by Crippen LogP contribution is 2.28. The van der Waals surface area contributed by atoms with Crippen LogP contribution in [0, 0.1) is 5.92 Å². The lowest BCUT2D eigenvalue weighted by molar-refractivity contribution is 0.553. The smallest absolute Gasteiger partial charge is 0.150 e. The summed E-state index contributed by atoms with van der Waals surface area (Å²) in [6.07, 6.45) is 3.88. The van der Waals surface area contributed by atoms with Crippen LogP contribution >= 0.6 is 0 Å². The summed E-state index contributed by atoms with van der Waals surface area (Å²) in [5.41, 5.74) is 5.44. The number of nitrogens with two attached hydrogens (primary N) is 1. The fourth-order valence-electron chi connectivity index (χ4n) is 1.63. The zero-order valence-corrected chi connectivity index (χ0v) is 7.60. The minimum absolute atomic E-state index is 0.115. The van der Waals surface area contributed by atoms with E-state index in [9.17, 15) is 8.42 Å². The van der Waals surface area contributed by atoms with Gasteiger partial charge < -0.3 is 5.73 Å². The second-order valence-corrected chi connectivity index (χ2v) is 5.69. The van der Waals surface area contributed by atoms with Crippen LogP contribution in [0.4, 0.5) is 0 Å². The molecule has 1 rings (SSSR count). The highest BCUT2D eigenvalue weighted by molar-refractivity contribution is 7.91. The lowest BCUT2D eigenvalue weighted by Crippen LogP contribution is -2.18.